The van der Waals surface area contributed by atoms with Gasteiger partial charge < -0.3 is 9.47 Å². The maximum Gasteiger partial charge on any atom is 0.185 e. The summed E-state index contributed by atoms with van der Waals surface area (Å²) in [4.78, 5) is 12.0. The second-order valence-electron chi connectivity index (χ2n) is 4.31. The van der Waals surface area contributed by atoms with E-state index in [1.165, 1.54) is 30.3 Å². The highest BCUT2D eigenvalue weighted by Crippen LogP contribution is 2.25. The lowest BCUT2D eigenvalue weighted by atomic mass is 10.1. The molecule has 3 nitrogen and oxygen atoms in total. The van der Waals surface area contributed by atoms with E-state index in [-0.39, 0.29) is 11.6 Å². The summed E-state index contributed by atoms with van der Waals surface area (Å²) in [6.07, 6.45) is 3.07. The summed E-state index contributed by atoms with van der Waals surface area (Å²) >= 11 is 0. The molecule has 0 aliphatic carbocycles. The van der Waals surface area contributed by atoms with E-state index in [0.717, 1.165) is 5.56 Å². The van der Waals surface area contributed by atoms with Crippen LogP contribution in [0.15, 0.2) is 48.5 Å². The number of benzene rings is 2. The molecule has 0 aromatic heterocycles. The lowest BCUT2D eigenvalue weighted by Gasteiger charge is -2.07. The highest BCUT2D eigenvalue weighted by atomic mass is 19.1. The van der Waals surface area contributed by atoms with Gasteiger partial charge in [-0.1, -0.05) is 0 Å². The topological polar surface area (TPSA) is 35.5 Å². The van der Waals surface area contributed by atoms with E-state index in [1.807, 2.05) is 0 Å². The molecule has 108 valence electrons. The zero-order valence-corrected chi connectivity index (χ0v) is 11.8. The summed E-state index contributed by atoms with van der Waals surface area (Å²) in [5, 5.41) is 0. The van der Waals surface area contributed by atoms with Crippen molar-refractivity contribution in [2.24, 2.45) is 0 Å². The van der Waals surface area contributed by atoms with E-state index >= 15 is 0 Å². The average molecular weight is 286 g/mol. The second-order valence-corrected chi connectivity index (χ2v) is 4.31. The van der Waals surface area contributed by atoms with Crippen LogP contribution in [0.3, 0.4) is 0 Å². The van der Waals surface area contributed by atoms with Crippen molar-refractivity contribution in [3.05, 3.63) is 65.5 Å². The highest BCUT2D eigenvalue weighted by Gasteiger charge is 2.05. The molecule has 0 unspecified atom stereocenters. The molecule has 2 aromatic rings. The van der Waals surface area contributed by atoms with Crippen LogP contribution in [0.4, 0.5) is 4.39 Å². The Hall–Kier alpha value is -2.62. The number of carbonyl (C=O) groups excluding carboxylic acids is 1. The van der Waals surface area contributed by atoms with Crippen LogP contribution < -0.4 is 9.47 Å². The lowest BCUT2D eigenvalue weighted by molar-refractivity contribution is 0.104. The fourth-order valence-electron chi connectivity index (χ4n) is 1.85. The SMILES string of the molecule is COc1ccc(OC)c(C=CC(=O)c2ccc(F)cc2)c1. The predicted octanol–water partition coefficient (Wildman–Crippen LogP) is 3.74. The Bertz CT molecular complexity index is 660. The van der Waals surface area contributed by atoms with Gasteiger partial charge in [0.05, 0.1) is 14.2 Å². The monoisotopic (exact) mass is 286 g/mol. The summed E-state index contributed by atoms with van der Waals surface area (Å²) in [6.45, 7) is 0. The number of hydrogen-bond acceptors (Lipinski definition) is 3. The zero-order valence-electron chi connectivity index (χ0n) is 11.8. The van der Waals surface area contributed by atoms with Gasteiger partial charge >= 0.3 is 0 Å². The first-order valence-electron chi connectivity index (χ1n) is 6.34. The number of halogens is 1. The molecule has 0 saturated heterocycles. The molecule has 4 heteroatoms. The number of methoxy groups -OCH3 is 2. The standard InChI is InChI=1S/C17H15FO3/c1-20-15-8-10-17(21-2)13(11-15)5-9-16(19)12-3-6-14(18)7-4-12/h3-11H,1-2H3. The van der Waals surface area contributed by atoms with Crippen molar-refractivity contribution in [1.82, 2.24) is 0 Å². The number of hydrogen-bond donors (Lipinski definition) is 0. The number of allylic oxidation sites excluding steroid dienone is 1. The maximum absolute atomic E-state index is 12.8. The Morgan fingerprint density at radius 1 is 1.05 bits per heavy atom. The van der Waals surface area contributed by atoms with Gasteiger partial charge in [-0.05, 0) is 54.6 Å². The fraction of sp³-hybridized carbons (Fsp3) is 0.118. The third-order valence-corrected chi connectivity index (χ3v) is 2.98. The molecule has 0 atom stereocenters. The molecular formula is C17H15FO3. The first-order valence-corrected chi connectivity index (χ1v) is 6.34. The number of rotatable bonds is 5. The van der Waals surface area contributed by atoms with Gasteiger partial charge in [0.25, 0.3) is 0 Å². The van der Waals surface area contributed by atoms with Gasteiger partial charge in [0.1, 0.15) is 17.3 Å². The molecule has 0 fully saturated rings. The van der Waals surface area contributed by atoms with E-state index in [4.69, 9.17) is 9.47 Å². The molecule has 0 radical (unpaired) electrons. The van der Waals surface area contributed by atoms with E-state index in [2.05, 4.69) is 0 Å². The van der Waals surface area contributed by atoms with Gasteiger partial charge in [-0.25, -0.2) is 4.39 Å². The maximum atomic E-state index is 12.8. The molecule has 2 aromatic carbocycles. The van der Waals surface area contributed by atoms with Crippen LogP contribution >= 0.6 is 0 Å². The summed E-state index contributed by atoms with van der Waals surface area (Å²) in [7, 11) is 3.12. The quantitative estimate of drug-likeness (QED) is 0.620. The van der Waals surface area contributed by atoms with Crippen LogP contribution in [0.1, 0.15) is 15.9 Å². The Morgan fingerprint density at radius 2 is 1.76 bits per heavy atom. The van der Waals surface area contributed by atoms with Gasteiger partial charge in [0, 0.05) is 11.1 Å². The van der Waals surface area contributed by atoms with Crippen LogP contribution in [0.25, 0.3) is 6.08 Å². The Morgan fingerprint density at radius 3 is 2.38 bits per heavy atom. The average Bonchev–Trinajstić information content (AvgIpc) is 2.52. The summed E-state index contributed by atoms with van der Waals surface area (Å²) in [5.41, 5.74) is 1.15. The minimum atomic E-state index is -0.370. The molecule has 0 amide bonds. The molecule has 0 heterocycles. The molecule has 0 spiro atoms. The molecule has 0 saturated carbocycles. The van der Waals surface area contributed by atoms with Gasteiger partial charge in [-0.2, -0.15) is 0 Å². The van der Waals surface area contributed by atoms with Gasteiger partial charge in [0.2, 0.25) is 0 Å². The smallest absolute Gasteiger partial charge is 0.185 e. The van der Waals surface area contributed by atoms with Crippen LogP contribution in [0.2, 0.25) is 0 Å². The van der Waals surface area contributed by atoms with Gasteiger partial charge in [0.15, 0.2) is 5.78 Å². The first kappa shape index (κ1) is 14.8. The Labute approximate surface area is 122 Å². The minimum absolute atomic E-state index is 0.208. The summed E-state index contributed by atoms with van der Waals surface area (Å²) in [6, 6.07) is 10.7. The fourth-order valence-corrected chi connectivity index (χ4v) is 1.85. The van der Waals surface area contributed by atoms with Crippen molar-refractivity contribution in [2.75, 3.05) is 14.2 Å². The predicted molar refractivity (Wildman–Crippen MR) is 79.3 cm³/mol. The third-order valence-electron chi connectivity index (χ3n) is 2.98. The summed E-state index contributed by atoms with van der Waals surface area (Å²) in [5.74, 6) is 0.730. The van der Waals surface area contributed by atoms with Gasteiger partial charge in [-0.3, -0.25) is 4.79 Å². The highest BCUT2D eigenvalue weighted by molar-refractivity contribution is 6.06. The van der Waals surface area contributed by atoms with Crippen molar-refractivity contribution in [3.8, 4) is 11.5 Å². The minimum Gasteiger partial charge on any atom is -0.497 e. The molecule has 0 bridgehead atoms. The van der Waals surface area contributed by atoms with Crippen LogP contribution in [0, 0.1) is 5.82 Å². The largest absolute Gasteiger partial charge is 0.497 e. The van der Waals surface area contributed by atoms with Crippen molar-refractivity contribution in [1.29, 1.82) is 0 Å². The van der Waals surface area contributed by atoms with E-state index in [9.17, 15) is 9.18 Å². The first-order chi connectivity index (χ1) is 10.1. The number of ketones is 1. The van der Waals surface area contributed by atoms with E-state index in [0.29, 0.717) is 17.1 Å². The van der Waals surface area contributed by atoms with Crippen molar-refractivity contribution in [2.45, 2.75) is 0 Å². The second kappa shape index (κ2) is 6.70. The molecule has 0 aliphatic heterocycles. The summed E-state index contributed by atoms with van der Waals surface area (Å²) < 4.78 is 23.2. The van der Waals surface area contributed by atoms with Crippen LogP contribution in [-0.4, -0.2) is 20.0 Å². The number of ether oxygens (including phenoxy) is 2. The van der Waals surface area contributed by atoms with Crippen molar-refractivity contribution < 1.29 is 18.7 Å². The Kier molecular flexibility index (Phi) is 4.72. The third kappa shape index (κ3) is 3.69. The molecule has 0 aliphatic rings. The van der Waals surface area contributed by atoms with E-state index < -0.39 is 0 Å². The van der Waals surface area contributed by atoms with Crippen molar-refractivity contribution >= 4 is 11.9 Å². The van der Waals surface area contributed by atoms with E-state index in [1.54, 1.807) is 38.5 Å². The molecular weight excluding hydrogens is 271 g/mol. The molecule has 2 rings (SSSR count). The Balaban J connectivity index is 2.24. The van der Waals surface area contributed by atoms with Crippen LogP contribution in [0.5, 0.6) is 11.5 Å². The molecule has 21 heavy (non-hydrogen) atoms. The number of carbonyl (C=O) groups is 1. The van der Waals surface area contributed by atoms with Crippen molar-refractivity contribution in [3.63, 3.8) is 0 Å². The normalized spacial score (nSPS) is 10.6. The lowest BCUT2D eigenvalue weighted by Crippen LogP contribution is -1.94. The van der Waals surface area contributed by atoms with Gasteiger partial charge in [-0.15, -0.1) is 0 Å². The van der Waals surface area contributed by atoms with Crippen LogP contribution in [-0.2, 0) is 0 Å². The zero-order chi connectivity index (χ0) is 15.2. The molecule has 0 N–H and O–H groups in total.